The van der Waals surface area contributed by atoms with E-state index in [4.69, 9.17) is 24.7 Å². The van der Waals surface area contributed by atoms with Crippen molar-refractivity contribution in [1.29, 1.82) is 0 Å². The van der Waals surface area contributed by atoms with Gasteiger partial charge in [0.2, 0.25) is 5.60 Å². The van der Waals surface area contributed by atoms with E-state index < -0.39 is 49.4 Å². The van der Waals surface area contributed by atoms with Crippen molar-refractivity contribution in [3.63, 3.8) is 0 Å². The van der Waals surface area contributed by atoms with Crippen molar-refractivity contribution in [3.8, 4) is 0 Å². The summed E-state index contributed by atoms with van der Waals surface area (Å²) in [6.45, 7) is 7.77. The molecule has 0 bridgehead atoms. The highest BCUT2D eigenvalue weighted by Crippen LogP contribution is 2.15. The molecular formula is C14H17NO8. The molecule has 126 valence electrons. The molecule has 0 aromatic carbocycles. The van der Waals surface area contributed by atoms with Gasteiger partial charge in [-0.3, -0.25) is 0 Å². The topological polar surface area (TPSA) is 131 Å². The van der Waals surface area contributed by atoms with Gasteiger partial charge in [0.25, 0.3) is 0 Å². The number of carbonyl (C=O) groups excluding carboxylic acids is 4. The summed E-state index contributed by atoms with van der Waals surface area (Å²) in [6.07, 6.45) is 1.32. The average Bonchev–Trinajstić information content (AvgIpc) is 2.54. The van der Waals surface area contributed by atoms with Crippen LogP contribution in [0, 0.1) is 0 Å². The van der Waals surface area contributed by atoms with Crippen LogP contribution in [-0.2, 0) is 33.3 Å². The Morgan fingerprint density at radius 3 is 1.30 bits per heavy atom. The van der Waals surface area contributed by atoms with Gasteiger partial charge in [0.15, 0.2) is 0 Å². The molecule has 0 aliphatic rings. The number of nitrogens with two attached hydrogens (primary N) is 1. The fraction of sp³-hybridized carbons (Fsp3) is 0.286. The van der Waals surface area contributed by atoms with Gasteiger partial charge in [0.1, 0.15) is 19.8 Å². The average molecular weight is 327 g/mol. The summed E-state index contributed by atoms with van der Waals surface area (Å²) in [5.41, 5.74) is 3.12. The molecule has 0 heterocycles. The lowest BCUT2D eigenvalue weighted by molar-refractivity contribution is -0.169. The number of rotatable bonds is 10. The third kappa shape index (κ3) is 8.05. The van der Waals surface area contributed by atoms with E-state index in [1.807, 2.05) is 0 Å². The first-order valence-electron chi connectivity index (χ1n) is 6.14. The molecular weight excluding hydrogens is 310 g/mol. The monoisotopic (exact) mass is 327 g/mol. The highest BCUT2D eigenvalue weighted by molar-refractivity contribution is 5.82. The minimum absolute atomic E-state index is 0.602. The van der Waals surface area contributed by atoms with Crippen molar-refractivity contribution in [2.24, 2.45) is 5.73 Å². The van der Waals surface area contributed by atoms with E-state index in [2.05, 4.69) is 19.7 Å². The maximum atomic E-state index is 11.2. The van der Waals surface area contributed by atoms with Crippen molar-refractivity contribution in [2.75, 3.05) is 19.8 Å². The largest absolute Gasteiger partial charge is 0.458 e. The Kier molecular flexibility index (Phi) is 8.45. The van der Waals surface area contributed by atoms with E-state index in [1.165, 1.54) is 0 Å². The van der Waals surface area contributed by atoms with Crippen LogP contribution in [0.25, 0.3) is 0 Å². The van der Waals surface area contributed by atoms with Gasteiger partial charge >= 0.3 is 24.0 Å². The second kappa shape index (κ2) is 9.77. The van der Waals surface area contributed by atoms with Gasteiger partial charge < -0.3 is 24.7 Å². The molecule has 0 aromatic heterocycles. The van der Waals surface area contributed by atoms with E-state index in [-0.39, 0.29) is 0 Å². The molecule has 0 fully saturated rings. The SMILES string of the molecule is C=CC(=O)OCC(COC(=O)C=C)(COC(=O)C=C)OC(N)=O. The van der Waals surface area contributed by atoms with Crippen LogP contribution in [0.3, 0.4) is 0 Å². The Morgan fingerprint density at radius 1 is 0.783 bits per heavy atom. The molecule has 9 heteroatoms. The summed E-state index contributed by atoms with van der Waals surface area (Å²) in [7, 11) is 0. The van der Waals surface area contributed by atoms with Gasteiger partial charge in [-0.25, -0.2) is 19.2 Å². The molecule has 0 radical (unpaired) electrons. The van der Waals surface area contributed by atoms with Crippen LogP contribution >= 0.6 is 0 Å². The summed E-state index contributed by atoms with van der Waals surface area (Å²) < 4.78 is 19.1. The molecule has 0 saturated carbocycles. The van der Waals surface area contributed by atoms with Gasteiger partial charge in [0.05, 0.1) is 0 Å². The maximum Gasteiger partial charge on any atom is 0.405 e. The Morgan fingerprint density at radius 2 is 1.09 bits per heavy atom. The van der Waals surface area contributed by atoms with Crippen molar-refractivity contribution in [2.45, 2.75) is 5.60 Å². The Bertz CT molecular complexity index is 451. The molecule has 0 unspecified atom stereocenters. The third-order valence-electron chi connectivity index (χ3n) is 2.25. The molecule has 0 aromatic rings. The zero-order valence-corrected chi connectivity index (χ0v) is 12.3. The van der Waals surface area contributed by atoms with Crippen LogP contribution in [0.2, 0.25) is 0 Å². The van der Waals surface area contributed by atoms with E-state index >= 15 is 0 Å². The summed E-state index contributed by atoms with van der Waals surface area (Å²) in [4.78, 5) is 44.6. The normalized spacial score (nSPS) is 9.91. The van der Waals surface area contributed by atoms with Gasteiger partial charge in [-0.1, -0.05) is 19.7 Å². The van der Waals surface area contributed by atoms with E-state index in [1.54, 1.807) is 0 Å². The van der Waals surface area contributed by atoms with Crippen LogP contribution < -0.4 is 5.73 Å². The molecule has 0 rings (SSSR count). The molecule has 0 saturated heterocycles. The number of primary amides is 1. The first-order valence-corrected chi connectivity index (χ1v) is 6.14. The van der Waals surface area contributed by atoms with Crippen molar-refractivity contribution in [1.82, 2.24) is 0 Å². The number of esters is 3. The number of hydrogen-bond acceptors (Lipinski definition) is 8. The lowest BCUT2D eigenvalue weighted by Gasteiger charge is -2.30. The van der Waals surface area contributed by atoms with E-state index in [0.29, 0.717) is 0 Å². The third-order valence-corrected chi connectivity index (χ3v) is 2.25. The lowest BCUT2D eigenvalue weighted by atomic mass is 10.1. The lowest BCUT2D eigenvalue weighted by Crippen LogP contribution is -2.50. The van der Waals surface area contributed by atoms with Gasteiger partial charge in [0, 0.05) is 18.2 Å². The first-order chi connectivity index (χ1) is 10.8. The summed E-state index contributed by atoms with van der Waals surface area (Å²) in [5.74, 6) is -2.52. The molecule has 23 heavy (non-hydrogen) atoms. The molecule has 0 spiro atoms. The second-order valence-electron chi connectivity index (χ2n) is 4.04. The van der Waals surface area contributed by atoms with E-state index in [9.17, 15) is 19.2 Å². The quantitative estimate of drug-likeness (QED) is 0.337. The van der Waals surface area contributed by atoms with Crippen molar-refractivity contribution < 1.29 is 38.1 Å². The summed E-state index contributed by atoms with van der Waals surface area (Å²) >= 11 is 0. The van der Waals surface area contributed by atoms with Gasteiger partial charge in [-0.05, 0) is 0 Å². The Balaban J connectivity index is 5.25. The predicted octanol–water partition coefficient (Wildman–Crippen LogP) is 0.00810. The molecule has 0 atom stereocenters. The van der Waals surface area contributed by atoms with Crippen LogP contribution in [0.4, 0.5) is 4.79 Å². The minimum Gasteiger partial charge on any atom is -0.458 e. The van der Waals surface area contributed by atoms with Crippen LogP contribution in [0.5, 0.6) is 0 Å². The van der Waals surface area contributed by atoms with Crippen LogP contribution in [0.1, 0.15) is 0 Å². The summed E-state index contributed by atoms with van der Waals surface area (Å²) in [6, 6.07) is 0. The van der Waals surface area contributed by atoms with E-state index in [0.717, 1.165) is 18.2 Å². The van der Waals surface area contributed by atoms with Crippen molar-refractivity contribution in [3.05, 3.63) is 38.0 Å². The minimum atomic E-state index is -1.83. The number of amides is 1. The number of hydrogen-bond donors (Lipinski definition) is 1. The Hall–Kier alpha value is -3.10. The zero-order chi connectivity index (χ0) is 17.9. The van der Waals surface area contributed by atoms with Crippen molar-refractivity contribution >= 4 is 24.0 Å². The highest BCUT2D eigenvalue weighted by atomic mass is 16.6. The number of carbonyl (C=O) groups is 4. The zero-order valence-electron chi connectivity index (χ0n) is 12.3. The number of ether oxygens (including phenoxy) is 4. The van der Waals surface area contributed by atoms with Crippen LogP contribution in [-0.4, -0.2) is 49.4 Å². The standard InChI is InChI=1S/C14H17NO8/c1-4-10(16)20-7-14(23-13(15)19,8-21-11(17)5-2)9-22-12(18)6-3/h4-6H,1-3,7-9H2,(H2,15,19). The smallest absolute Gasteiger partial charge is 0.405 e. The fourth-order valence-corrected chi connectivity index (χ4v) is 1.21. The summed E-state index contributed by atoms with van der Waals surface area (Å²) in [5, 5.41) is 0. The van der Waals surface area contributed by atoms with Gasteiger partial charge in [-0.2, -0.15) is 0 Å². The molecule has 0 aliphatic carbocycles. The molecule has 2 N–H and O–H groups in total. The fourth-order valence-electron chi connectivity index (χ4n) is 1.21. The van der Waals surface area contributed by atoms with Crippen LogP contribution in [0.15, 0.2) is 38.0 Å². The maximum absolute atomic E-state index is 11.2. The molecule has 9 nitrogen and oxygen atoms in total. The first kappa shape index (κ1) is 19.9. The molecule has 1 amide bonds. The predicted molar refractivity (Wildman–Crippen MR) is 76.9 cm³/mol. The van der Waals surface area contributed by atoms with Gasteiger partial charge in [-0.15, -0.1) is 0 Å². The highest BCUT2D eigenvalue weighted by Gasteiger charge is 2.39. The molecule has 0 aliphatic heterocycles. The Labute approximate surface area is 132 Å². The second-order valence-corrected chi connectivity index (χ2v) is 4.04.